The van der Waals surface area contributed by atoms with Crippen molar-refractivity contribution in [1.82, 2.24) is 9.88 Å². The summed E-state index contributed by atoms with van der Waals surface area (Å²) in [7, 11) is -0.893. The van der Waals surface area contributed by atoms with Gasteiger partial charge in [0.1, 0.15) is 0 Å². The maximum absolute atomic E-state index is 13.5. The number of carbonyl (C=O) groups is 1. The first-order valence-electron chi connectivity index (χ1n) is 15.0. The van der Waals surface area contributed by atoms with E-state index >= 15 is 0 Å². The highest BCUT2D eigenvalue weighted by Crippen LogP contribution is 2.40. The minimum absolute atomic E-state index is 0.00267. The molecule has 1 fully saturated rings. The monoisotopic (exact) mass is 662 g/mol. The summed E-state index contributed by atoms with van der Waals surface area (Å²) in [6, 6.07) is 22.1. The lowest BCUT2D eigenvalue weighted by Crippen LogP contribution is -2.47. The number of aromatic nitrogens is 1. The van der Waals surface area contributed by atoms with Crippen molar-refractivity contribution in [3.05, 3.63) is 111 Å². The van der Waals surface area contributed by atoms with Gasteiger partial charge < -0.3 is 24.3 Å². The number of anilines is 2. The smallest absolute Gasteiger partial charge is 0.262 e. The fourth-order valence-electron chi connectivity index (χ4n) is 6.42. The minimum Gasteiger partial charge on any atom is -0.493 e. The molecule has 0 aliphatic carbocycles. The average molecular weight is 663 g/mol. The van der Waals surface area contributed by atoms with Crippen LogP contribution in [0.3, 0.4) is 0 Å². The number of piperidine rings is 1. The van der Waals surface area contributed by atoms with E-state index in [-0.39, 0.29) is 33.9 Å². The number of rotatable bonds is 10. The molecule has 0 spiro atoms. The number of amides is 1. The first kappa shape index (κ1) is 31.5. The number of nitrogens with one attached hydrogen (secondary N) is 2. The molecule has 1 amide bonds. The van der Waals surface area contributed by atoms with Crippen LogP contribution < -0.4 is 30.0 Å². The van der Waals surface area contributed by atoms with Crippen molar-refractivity contribution in [2.24, 2.45) is 5.92 Å². The van der Waals surface area contributed by atoms with Crippen molar-refractivity contribution < 1.29 is 22.7 Å². The SMILES string of the molecule is COc1ccc(CCNC(=O)c2ccc(N3C[C@H]4C[C@@H](C3)c3cccc(=O)n3C4)c(NS(=O)(=O)c3cccc(Cl)c3)c2)cc1OC. The molecule has 2 aliphatic heterocycles. The Labute approximate surface area is 273 Å². The average Bonchev–Trinajstić information content (AvgIpc) is 3.05. The molecule has 0 unspecified atom stereocenters. The van der Waals surface area contributed by atoms with Gasteiger partial charge in [-0.1, -0.05) is 29.8 Å². The standard InChI is InChI=1S/C34H35ClN4O6S/c1-44-31-12-9-22(16-32(31)45-2)13-14-36-34(41)24-10-11-30(28(17-24)37-46(42,43)27-6-3-5-26(35)18-27)38-19-23-15-25(21-38)29-7-4-8-33(40)39(29)20-23/h3-12,16-18,23,25,37H,13-15,19-21H2,1-2H3,(H,36,41)/t23-,25+/m1/s1. The van der Waals surface area contributed by atoms with E-state index in [4.69, 9.17) is 21.1 Å². The molecule has 2 bridgehead atoms. The van der Waals surface area contributed by atoms with Gasteiger partial charge in [0, 0.05) is 54.4 Å². The Balaban J connectivity index is 1.26. The quantitative estimate of drug-likeness (QED) is 0.248. The number of benzene rings is 3. The van der Waals surface area contributed by atoms with Crippen molar-refractivity contribution in [1.29, 1.82) is 0 Å². The van der Waals surface area contributed by atoms with Crippen LogP contribution in [0.25, 0.3) is 0 Å². The molecule has 4 aromatic rings. The molecule has 0 saturated carbocycles. The number of fused-ring (bicyclic) bond motifs is 4. The molecule has 12 heteroatoms. The maximum Gasteiger partial charge on any atom is 0.262 e. The topological polar surface area (TPSA) is 119 Å². The van der Waals surface area contributed by atoms with Crippen LogP contribution in [-0.4, -0.2) is 52.7 Å². The third-order valence-corrected chi connectivity index (χ3v) is 10.2. The molecule has 3 aromatic carbocycles. The van der Waals surface area contributed by atoms with Crippen LogP contribution in [0.4, 0.5) is 11.4 Å². The van der Waals surface area contributed by atoms with Gasteiger partial charge in [0.25, 0.3) is 21.5 Å². The van der Waals surface area contributed by atoms with Gasteiger partial charge in [0.2, 0.25) is 0 Å². The van der Waals surface area contributed by atoms with Gasteiger partial charge in [-0.2, -0.15) is 0 Å². The Kier molecular flexibility index (Phi) is 8.97. The molecule has 46 heavy (non-hydrogen) atoms. The van der Waals surface area contributed by atoms with E-state index in [2.05, 4.69) is 14.9 Å². The normalized spacial score (nSPS) is 17.2. The summed E-state index contributed by atoms with van der Waals surface area (Å²) >= 11 is 6.11. The van der Waals surface area contributed by atoms with Gasteiger partial charge in [-0.05, 0) is 78.9 Å². The van der Waals surface area contributed by atoms with Crippen LogP contribution >= 0.6 is 11.6 Å². The third kappa shape index (κ3) is 6.56. The number of nitrogens with zero attached hydrogens (tertiary/aromatic N) is 2. The van der Waals surface area contributed by atoms with Gasteiger partial charge in [0.05, 0.1) is 30.5 Å². The predicted molar refractivity (Wildman–Crippen MR) is 178 cm³/mol. The van der Waals surface area contributed by atoms with E-state index in [1.54, 1.807) is 56.7 Å². The van der Waals surface area contributed by atoms with Crippen molar-refractivity contribution in [3.63, 3.8) is 0 Å². The second kappa shape index (κ2) is 13.1. The van der Waals surface area contributed by atoms with Crippen molar-refractivity contribution >= 4 is 38.9 Å². The van der Waals surface area contributed by atoms with Crippen LogP contribution in [0.5, 0.6) is 11.5 Å². The zero-order chi connectivity index (χ0) is 32.4. The first-order chi connectivity index (χ1) is 22.1. The highest BCUT2D eigenvalue weighted by Gasteiger charge is 2.35. The number of hydrogen-bond donors (Lipinski definition) is 2. The first-order valence-corrected chi connectivity index (χ1v) is 16.9. The molecular formula is C34H35ClN4O6S. The highest BCUT2D eigenvalue weighted by molar-refractivity contribution is 7.92. The summed E-state index contributed by atoms with van der Waals surface area (Å²) in [6.07, 6.45) is 1.50. The molecule has 2 N–H and O–H groups in total. The lowest BCUT2D eigenvalue weighted by atomic mass is 9.83. The Morgan fingerprint density at radius 2 is 1.74 bits per heavy atom. The van der Waals surface area contributed by atoms with Gasteiger partial charge in [-0.15, -0.1) is 0 Å². The molecule has 2 atom stereocenters. The largest absolute Gasteiger partial charge is 0.493 e. The van der Waals surface area contributed by atoms with E-state index in [0.29, 0.717) is 60.4 Å². The molecule has 10 nitrogen and oxygen atoms in total. The van der Waals surface area contributed by atoms with E-state index in [9.17, 15) is 18.0 Å². The number of hydrogen-bond acceptors (Lipinski definition) is 7. The molecule has 1 saturated heterocycles. The van der Waals surface area contributed by atoms with Crippen LogP contribution in [0.1, 0.15) is 34.0 Å². The zero-order valence-corrected chi connectivity index (χ0v) is 27.1. The summed E-state index contributed by atoms with van der Waals surface area (Å²) in [5.74, 6) is 1.22. The summed E-state index contributed by atoms with van der Waals surface area (Å²) in [5.41, 5.74) is 3.21. The Morgan fingerprint density at radius 3 is 2.52 bits per heavy atom. The van der Waals surface area contributed by atoms with Gasteiger partial charge >= 0.3 is 0 Å². The lowest BCUT2D eigenvalue weighted by molar-refractivity contribution is 0.0954. The lowest BCUT2D eigenvalue weighted by Gasteiger charge is -2.44. The fraction of sp³-hybridized carbons (Fsp3) is 0.294. The predicted octanol–water partition coefficient (Wildman–Crippen LogP) is 4.92. The Bertz CT molecular complexity index is 1950. The van der Waals surface area contributed by atoms with Gasteiger partial charge in [0.15, 0.2) is 11.5 Å². The minimum atomic E-state index is -4.04. The van der Waals surface area contributed by atoms with Crippen molar-refractivity contribution in [3.8, 4) is 11.5 Å². The molecule has 2 aliphatic rings. The number of ether oxygens (including phenoxy) is 2. The highest BCUT2D eigenvalue weighted by atomic mass is 35.5. The van der Waals surface area contributed by atoms with E-state index < -0.39 is 10.0 Å². The third-order valence-electron chi connectivity index (χ3n) is 8.58. The molecule has 6 rings (SSSR count). The second-order valence-electron chi connectivity index (χ2n) is 11.6. The van der Waals surface area contributed by atoms with Crippen molar-refractivity contribution in [2.75, 3.05) is 43.5 Å². The number of methoxy groups -OCH3 is 2. The molecule has 240 valence electrons. The van der Waals surface area contributed by atoms with Gasteiger partial charge in [-0.3, -0.25) is 14.3 Å². The number of pyridine rings is 1. The number of halogens is 1. The van der Waals surface area contributed by atoms with Crippen LogP contribution in [-0.2, 0) is 23.0 Å². The molecule has 1 aromatic heterocycles. The van der Waals surface area contributed by atoms with Crippen molar-refractivity contribution in [2.45, 2.75) is 30.2 Å². The molecular weight excluding hydrogens is 628 g/mol. The number of sulfonamides is 1. The van der Waals surface area contributed by atoms with Gasteiger partial charge in [-0.25, -0.2) is 8.42 Å². The van der Waals surface area contributed by atoms with Crippen LogP contribution in [0.2, 0.25) is 5.02 Å². The van der Waals surface area contributed by atoms with Crippen LogP contribution in [0.15, 0.2) is 88.6 Å². The molecule has 0 radical (unpaired) electrons. The maximum atomic E-state index is 13.5. The fourth-order valence-corrected chi connectivity index (χ4v) is 7.79. The summed E-state index contributed by atoms with van der Waals surface area (Å²) in [5, 5.41) is 3.23. The van der Waals surface area contributed by atoms with E-state index in [1.807, 2.05) is 28.8 Å². The second-order valence-corrected chi connectivity index (χ2v) is 13.7. The summed E-state index contributed by atoms with van der Waals surface area (Å²) in [4.78, 5) is 28.0. The number of carbonyl (C=O) groups excluding carboxylic acids is 1. The molecule has 3 heterocycles. The Morgan fingerprint density at radius 1 is 0.935 bits per heavy atom. The summed E-state index contributed by atoms with van der Waals surface area (Å²) < 4.78 is 42.4. The summed E-state index contributed by atoms with van der Waals surface area (Å²) in [6.45, 7) is 2.20. The van der Waals surface area contributed by atoms with E-state index in [1.165, 1.54) is 12.1 Å². The van der Waals surface area contributed by atoms with E-state index in [0.717, 1.165) is 17.7 Å². The Hall–Kier alpha value is -4.48. The zero-order valence-electron chi connectivity index (χ0n) is 25.5. The van der Waals surface area contributed by atoms with Crippen LogP contribution in [0, 0.1) is 5.92 Å².